The number of alkyl halides is 1. The van der Waals surface area contributed by atoms with E-state index in [0.717, 1.165) is 0 Å². The molecule has 146 valence electrons. The van der Waals surface area contributed by atoms with E-state index in [1.165, 1.54) is 12.2 Å². The van der Waals surface area contributed by atoms with Crippen LogP contribution in [0.3, 0.4) is 0 Å². The van der Waals surface area contributed by atoms with Crippen molar-refractivity contribution < 1.29 is 28.9 Å². The van der Waals surface area contributed by atoms with E-state index in [1.807, 2.05) is 13.8 Å². The number of ketones is 2. The first-order valence-electron chi connectivity index (χ1n) is 9.78. The van der Waals surface area contributed by atoms with Crippen molar-refractivity contribution in [3.63, 3.8) is 0 Å². The van der Waals surface area contributed by atoms with Crippen LogP contribution in [0.2, 0.25) is 0 Å². The predicted molar refractivity (Wildman–Crippen MR) is 93.4 cm³/mol. The summed E-state index contributed by atoms with van der Waals surface area (Å²) < 4.78 is 21.5. The standard InChI is InChI=1S/C21H25FO5/c1-18-5-3-11(24)7-14(18)15(22)8-13-12-4-6-20(26,16(25)10-23)19(12,2)9-17-21(13,18)27-17/h3,5,7,12-13,15,17,23,26H,4,6,8-10H2,1-2H3/t12-,13-,15?,17?,18-,19-,20-,21-/m0/s1. The van der Waals surface area contributed by atoms with E-state index in [2.05, 4.69) is 0 Å². The van der Waals surface area contributed by atoms with Crippen LogP contribution in [0.15, 0.2) is 23.8 Å². The van der Waals surface area contributed by atoms with Crippen molar-refractivity contribution in [1.82, 2.24) is 0 Å². The normalized spacial score (nSPS) is 55.1. The molecule has 27 heavy (non-hydrogen) atoms. The van der Waals surface area contributed by atoms with Crippen molar-refractivity contribution in [2.75, 3.05) is 6.61 Å². The second-order valence-corrected chi connectivity index (χ2v) is 9.46. The van der Waals surface area contributed by atoms with Crippen molar-refractivity contribution >= 4 is 11.6 Å². The molecule has 1 spiro atoms. The minimum Gasteiger partial charge on any atom is -0.388 e. The monoisotopic (exact) mass is 376 g/mol. The van der Waals surface area contributed by atoms with Gasteiger partial charge in [0.2, 0.25) is 0 Å². The van der Waals surface area contributed by atoms with Gasteiger partial charge in [0.15, 0.2) is 11.6 Å². The SMILES string of the molecule is C[C@]12C=CC(=O)C=C1C(F)C[C@H]1[C@@H]3CC[C@](O)(C(=O)CO)[C@@]3(C)CC3O[C@]312. The van der Waals surface area contributed by atoms with Crippen molar-refractivity contribution in [3.05, 3.63) is 23.8 Å². The van der Waals surface area contributed by atoms with Crippen molar-refractivity contribution in [2.45, 2.75) is 63.0 Å². The van der Waals surface area contributed by atoms with E-state index in [4.69, 9.17) is 4.74 Å². The van der Waals surface area contributed by atoms with Crippen LogP contribution in [-0.4, -0.2) is 51.9 Å². The molecule has 0 bridgehead atoms. The number of carbonyl (C=O) groups excluding carboxylic acids is 2. The molecular weight excluding hydrogens is 351 g/mol. The van der Waals surface area contributed by atoms with Gasteiger partial charge in [0.1, 0.15) is 24.0 Å². The Labute approximate surface area is 157 Å². The van der Waals surface area contributed by atoms with Crippen molar-refractivity contribution in [2.24, 2.45) is 22.7 Å². The molecule has 5 aliphatic rings. The summed E-state index contributed by atoms with van der Waals surface area (Å²) >= 11 is 0. The van der Waals surface area contributed by atoms with Gasteiger partial charge in [-0.15, -0.1) is 0 Å². The molecule has 0 aromatic carbocycles. The van der Waals surface area contributed by atoms with Crippen LogP contribution in [0.4, 0.5) is 4.39 Å². The number of carbonyl (C=O) groups is 2. The van der Waals surface area contributed by atoms with Gasteiger partial charge in [-0.05, 0) is 62.2 Å². The lowest BCUT2D eigenvalue weighted by atomic mass is 9.46. The number of Topliss-reactive ketones (excluding diaryl/α,β-unsaturated/α-hetero) is 1. The molecule has 2 N–H and O–H groups in total. The number of hydrogen-bond donors (Lipinski definition) is 2. The number of halogens is 1. The molecule has 1 aliphatic heterocycles. The summed E-state index contributed by atoms with van der Waals surface area (Å²) in [7, 11) is 0. The Morgan fingerprint density at radius 1 is 1.37 bits per heavy atom. The van der Waals surface area contributed by atoms with E-state index < -0.39 is 40.6 Å². The molecule has 5 rings (SSSR count). The first kappa shape index (κ1) is 17.7. The fraction of sp³-hybridized carbons (Fsp3) is 0.714. The van der Waals surface area contributed by atoms with Gasteiger partial charge in [0.25, 0.3) is 0 Å². The molecule has 0 amide bonds. The summed E-state index contributed by atoms with van der Waals surface area (Å²) in [6.45, 7) is 3.15. The summed E-state index contributed by atoms with van der Waals surface area (Å²) in [5, 5.41) is 20.6. The Hall–Kier alpha value is -1.37. The molecule has 6 heteroatoms. The summed E-state index contributed by atoms with van der Waals surface area (Å²) in [6, 6.07) is 0. The van der Waals surface area contributed by atoms with Gasteiger partial charge >= 0.3 is 0 Å². The fourth-order valence-electron chi connectivity index (χ4n) is 7.23. The molecule has 4 fully saturated rings. The molecule has 0 aromatic heterocycles. The van der Waals surface area contributed by atoms with Crippen LogP contribution in [0.1, 0.15) is 39.5 Å². The van der Waals surface area contributed by atoms with Crippen LogP contribution >= 0.6 is 0 Å². The maximum absolute atomic E-state index is 15.2. The molecule has 5 nitrogen and oxygen atoms in total. The number of aliphatic hydroxyl groups excluding tert-OH is 1. The highest BCUT2D eigenvalue weighted by Crippen LogP contribution is 2.76. The van der Waals surface area contributed by atoms with Crippen LogP contribution in [0.5, 0.6) is 0 Å². The Morgan fingerprint density at radius 3 is 2.81 bits per heavy atom. The molecule has 8 atom stereocenters. The van der Waals surface area contributed by atoms with E-state index in [0.29, 0.717) is 18.4 Å². The molecule has 0 radical (unpaired) electrons. The van der Waals surface area contributed by atoms with Crippen LogP contribution < -0.4 is 0 Å². The van der Waals surface area contributed by atoms with E-state index in [1.54, 1.807) is 6.08 Å². The second kappa shape index (κ2) is 4.97. The molecular formula is C21H25FO5. The average Bonchev–Trinajstić information content (AvgIpc) is 3.29. The highest BCUT2D eigenvalue weighted by Gasteiger charge is 2.82. The second-order valence-electron chi connectivity index (χ2n) is 9.46. The van der Waals surface area contributed by atoms with E-state index >= 15 is 4.39 Å². The van der Waals surface area contributed by atoms with E-state index in [9.17, 15) is 19.8 Å². The van der Waals surface area contributed by atoms with Gasteiger partial charge in [0.05, 0.1) is 6.10 Å². The minimum atomic E-state index is -1.59. The third-order valence-corrected chi connectivity index (χ3v) is 8.68. The lowest BCUT2D eigenvalue weighted by Crippen LogP contribution is -2.62. The highest BCUT2D eigenvalue weighted by atomic mass is 19.1. The maximum Gasteiger partial charge on any atom is 0.190 e. The first-order valence-corrected chi connectivity index (χ1v) is 9.78. The Bertz CT molecular complexity index is 819. The topological polar surface area (TPSA) is 87.1 Å². The van der Waals surface area contributed by atoms with Crippen LogP contribution in [0.25, 0.3) is 0 Å². The number of fused-ring (bicyclic) bond motifs is 3. The minimum absolute atomic E-state index is 0.0700. The number of hydrogen-bond acceptors (Lipinski definition) is 5. The molecule has 0 aromatic rings. The summed E-state index contributed by atoms with van der Waals surface area (Å²) in [5.74, 6) is -0.957. The molecule has 1 heterocycles. The molecule has 1 saturated heterocycles. The van der Waals surface area contributed by atoms with Gasteiger partial charge < -0.3 is 14.9 Å². The Balaban J connectivity index is 1.61. The van der Waals surface area contributed by atoms with Gasteiger partial charge in [-0.3, -0.25) is 9.59 Å². The van der Waals surface area contributed by atoms with Gasteiger partial charge in [-0.25, -0.2) is 4.39 Å². The number of ether oxygens (including phenoxy) is 1. The van der Waals surface area contributed by atoms with Gasteiger partial charge in [-0.2, -0.15) is 0 Å². The quantitative estimate of drug-likeness (QED) is 0.716. The van der Waals surface area contributed by atoms with Crippen LogP contribution in [0, 0.1) is 22.7 Å². The molecule has 2 unspecified atom stereocenters. The van der Waals surface area contributed by atoms with Gasteiger partial charge in [-0.1, -0.05) is 13.0 Å². The molecule has 4 aliphatic carbocycles. The molecule has 3 saturated carbocycles. The number of aliphatic hydroxyl groups is 2. The average molecular weight is 376 g/mol. The number of rotatable bonds is 2. The highest BCUT2D eigenvalue weighted by molar-refractivity contribution is 6.01. The van der Waals surface area contributed by atoms with Gasteiger partial charge in [0, 0.05) is 10.8 Å². The third-order valence-electron chi connectivity index (χ3n) is 8.68. The lowest BCUT2D eigenvalue weighted by molar-refractivity contribution is -0.160. The van der Waals surface area contributed by atoms with Crippen molar-refractivity contribution in [1.29, 1.82) is 0 Å². The number of allylic oxidation sites excluding steroid dienone is 2. The summed E-state index contributed by atoms with van der Waals surface area (Å²) in [6.07, 6.45) is 4.91. The largest absolute Gasteiger partial charge is 0.388 e. The van der Waals surface area contributed by atoms with Crippen LogP contribution in [-0.2, 0) is 14.3 Å². The third kappa shape index (κ3) is 1.76. The zero-order chi connectivity index (χ0) is 19.4. The summed E-state index contributed by atoms with van der Waals surface area (Å²) in [4.78, 5) is 24.2. The lowest BCUT2D eigenvalue weighted by Gasteiger charge is -2.56. The maximum atomic E-state index is 15.2. The Kier molecular flexibility index (Phi) is 3.26. The summed E-state index contributed by atoms with van der Waals surface area (Å²) in [5.41, 5.74) is -3.09. The zero-order valence-electron chi connectivity index (χ0n) is 15.6. The first-order chi connectivity index (χ1) is 12.6. The van der Waals surface area contributed by atoms with E-state index in [-0.39, 0.29) is 36.6 Å². The zero-order valence-corrected chi connectivity index (χ0v) is 15.6. The predicted octanol–water partition coefficient (Wildman–Crippen LogP) is 1.67. The fourth-order valence-corrected chi connectivity index (χ4v) is 7.23. The smallest absolute Gasteiger partial charge is 0.190 e. The van der Waals surface area contributed by atoms with Crippen molar-refractivity contribution in [3.8, 4) is 0 Å². The Morgan fingerprint density at radius 2 is 2.11 bits per heavy atom. The number of epoxide rings is 1.